The normalized spacial score (nSPS) is 10.5. The number of hydrogen-bond acceptors (Lipinski definition) is 3. The van der Waals surface area contributed by atoms with Crippen LogP contribution in [-0.2, 0) is 6.54 Å². The van der Waals surface area contributed by atoms with E-state index in [4.69, 9.17) is 11.6 Å². The van der Waals surface area contributed by atoms with Crippen LogP contribution < -0.4 is 11.2 Å². The fourth-order valence-electron chi connectivity index (χ4n) is 1.30. The number of pyridine rings is 1. The van der Waals surface area contributed by atoms with Crippen LogP contribution in [0.1, 0.15) is 5.56 Å². The van der Waals surface area contributed by atoms with Gasteiger partial charge in [-0.05, 0) is 27.6 Å². The lowest BCUT2D eigenvalue weighted by Crippen LogP contribution is -2.30. The number of aromatic nitrogens is 3. The number of rotatable bonds is 2. The maximum atomic E-state index is 11.5. The highest BCUT2D eigenvalue weighted by Crippen LogP contribution is 2.06. The van der Waals surface area contributed by atoms with Gasteiger partial charge in [0.1, 0.15) is 5.15 Å². The van der Waals surface area contributed by atoms with Crippen molar-refractivity contribution in [2.24, 2.45) is 0 Å². The van der Waals surface area contributed by atoms with E-state index in [2.05, 4.69) is 25.9 Å². The zero-order valence-electron chi connectivity index (χ0n) is 8.48. The van der Waals surface area contributed by atoms with Crippen LogP contribution in [0.4, 0.5) is 0 Å². The van der Waals surface area contributed by atoms with E-state index >= 15 is 0 Å². The van der Waals surface area contributed by atoms with E-state index in [0.29, 0.717) is 16.2 Å². The molecule has 1 N–H and O–H groups in total. The minimum Gasteiger partial charge on any atom is -0.295 e. The average molecular weight is 317 g/mol. The van der Waals surface area contributed by atoms with Crippen molar-refractivity contribution in [3.8, 4) is 0 Å². The quantitative estimate of drug-likeness (QED) is 0.852. The standard InChI is InChI=1S/C10H7BrClN3O2/c11-7-5-15(10(17)14-9(7)16)4-6-1-2-8(12)13-3-6/h1-3,5H,4H2,(H,14,16,17). The smallest absolute Gasteiger partial charge is 0.295 e. The lowest BCUT2D eigenvalue weighted by atomic mass is 10.3. The molecule has 0 saturated heterocycles. The Hall–Kier alpha value is -1.40. The van der Waals surface area contributed by atoms with Gasteiger partial charge in [-0.1, -0.05) is 17.7 Å². The predicted octanol–water partition coefficient (Wildman–Crippen LogP) is 1.40. The second-order valence-corrected chi connectivity index (χ2v) is 4.59. The molecule has 5 nitrogen and oxygen atoms in total. The van der Waals surface area contributed by atoms with Gasteiger partial charge >= 0.3 is 5.69 Å². The molecule has 2 aromatic heterocycles. The van der Waals surface area contributed by atoms with Crippen molar-refractivity contribution in [2.75, 3.05) is 0 Å². The predicted molar refractivity (Wildman–Crippen MR) is 67.4 cm³/mol. The number of nitrogens with zero attached hydrogens (tertiary/aromatic N) is 2. The summed E-state index contributed by atoms with van der Waals surface area (Å²) >= 11 is 8.72. The third-order valence-electron chi connectivity index (χ3n) is 2.11. The van der Waals surface area contributed by atoms with Crippen LogP contribution in [0.5, 0.6) is 0 Å². The van der Waals surface area contributed by atoms with Crippen molar-refractivity contribution in [1.82, 2.24) is 14.5 Å². The summed E-state index contributed by atoms with van der Waals surface area (Å²) in [5.41, 5.74) is -0.0934. The molecule has 2 aromatic rings. The highest BCUT2D eigenvalue weighted by atomic mass is 79.9. The molecule has 2 rings (SSSR count). The first kappa shape index (κ1) is 12.1. The molecule has 0 atom stereocenters. The zero-order valence-corrected chi connectivity index (χ0v) is 10.8. The van der Waals surface area contributed by atoms with Crippen LogP contribution in [-0.4, -0.2) is 14.5 Å². The Balaban J connectivity index is 2.36. The molecule has 0 spiro atoms. The van der Waals surface area contributed by atoms with Gasteiger partial charge < -0.3 is 0 Å². The topological polar surface area (TPSA) is 67.8 Å². The minimum atomic E-state index is -0.465. The Morgan fingerprint density at radius 2 is 2.18 bits per heavy atom. The summed E-state index contributed by atoms with van der Waals surface area (Å²) in [6.07, 6.45) is 3.02. The molecule has 0 bridgehead atoms. The summed E-state index contributed by atoms with van der Waals surface area (Å²) in [6.45, 7) is 0.318. The van der Waals surface area contributed by atoms with Gasteiger partial charge in [0, 0.05) is 12.4 Å². The Labute approximate surface area is 109 Å². The summed E-state index contributed by atoms with van der Waals surface area (Å²) in [6, 6.07) is 3.41. The van der Waals surface area contributed by atoms with Gasteiger partial charge in [0.2, 0.25) is 0 Å². The van der Waals surface area contributed by atoms with Gasteiger partial charge in [-0.3, -0.25) is 14.3 Å². The molecule has 0 aromatic carbocycles. The average Bonchev–Trinajstić information content (AvgIpc) is 2.29. The van der Waals surface area contributed by atoms with E-state index in [1.165, 1.54) is 10.8 Å². The Bertz CT molecular complexity index is 648. The van der Waals surface area contributed by atoms with Gasteiger partial charge in [0.05, 0.1) is 11.0 Å². The molecular formula is C10H7BrClN3O2. The molecule has 0 saturated carbocycles. The SMILES string of the molecule is O=c1[nH]c(=O)n(Cc2ccc(Cl)nc2)cc1Br. The first-order valence-electron chi connectivity index (χ1n) is 4.66. The summed E-state index contributed by atoms with van der Waals surface area (Å²) in [7, 11) is 0. The molecule has 17 heavy (non-hydrogen) atoms. The maximum absolute atomic E-state index is 11.5. The van der Waals surface area contributed by atoms with E-state index in [9.17, 15) is 9.59 Å². The van der Waals surface area contributed by atoms with Crippen LogP contribution in [0.3, 0.4) is 0 Å². The van der Waals surface area contributed by atoms with E-state index < -0.39 is 11.2 Å². The van der Waals surface area contributed by atoms with E-state index in [1.54, 1.807) is 18.3 Å². The number of nitrogens with one attached hydrogen (secondary N) is 1. The van der Waals surface area contributed by atoms with Crippen molar-refractivity contribution in [3.05, 3.63) is 60.6 Å². The molecule has 7 heteroatoms. The molecule has 0 aliphatic heterocycles. The molecule has 0 unspecified atom stereocenters. The van der Waals surface area contributed by atoms with Crippen LogP contribution in [0.2, 0.25) is 5.15 Å². The molecule has 88 valence electrons. The molecule has 0 radical (unpaired) electrons. The fraction of sp³-hybridized carbons (Fsp3) is 0.100. The second kappa shape index (κ2) is 4.85. The Kier molecular flexibility index (Phi) is 3.44. The van der Waals surface area contributed by atoms with E-state index in [1.807, 2.05) is 0 Å². The highest BCUT2D eigenvalue weighted by Gasteiger charge is 2.03. The minimum absolute atomic E-state index is 0.305. The van der Waals surface area contributed by atoms with Crippen LogP contribution in [0.15, 0.2) is 38.6 Å². The number of aromatic amines is 1. The molecule has 0 aliphatic carbocycles. The summed E-state index contributed by atoms with van der Waals surface area (Å²) in [4.78, 5) is 28.8. The molecule has 0 aliphatic rings. The monoisotopic (exact) mass is 315 g/mol. The molecule has 0 fully saturated rings. The summed E-state index contributed by atoms with van der Waals surface area (Å²) < 4.78 is 1.68. The largest absolute Gasteiger partial charge is 0.328 e. The van der Waals surface area contributed by atoms with Gasteiger partial charge in [-0.15, -0.1) is 0 Å². The van der Waals surface area contributed by atoms with Crippen LogP contribution in [0, 0.1) is 0 Å². The van der Waals surface area contributed by atoms with Crippen molar-refractivity contribution in [2.45, 2.75) is 6.54 Å². The Morgan fingerprint density at radius 1 is 1.41 bits per heavy atom. The lowest BCUT2D eigenvalue weighted by Gasteiger charge is -2.05. The third-order valence-corrected chi connectivity index (χ3v) is 2.90. The van der Waals surface area contributed by atoms with Crippen molar-refractivity contribution < 1.29 is 0 Å². The summed E-state index contributed by atoms with van der Waals surface area (Å²) in [5, 5.41) is 0.392. The van der Waals surface area contributed by atoms with Crippen LogP contribution >= 0.6 is 27.5 Å². The maximum Gasteiger partial charge on any atom is 0.328 e. The van der Waals surface area contributed by atoms with E-state index in [-0.39, 0.29) is 0 Å². The van der Waals surface area contributed by atoms with Crippen molar-refractivity contribution >= 4 is 27.5 Å². The Morgan fingerprint density at radius 3 is 2.82 bits per heavy atom. The number of hydrogen-bond donors (Lipinski definition) is 1. The van der Waals surface area contributed by atoms with E-state index in [0.717, 1.165) is 5.56 Å². The molecule has 2 heterocycles. The van der Waals surface area contributed by atoms with Crippen LogP contribution in [0.25, 0.3) is 0 Å². The fourth-order valence-corrected chi connectivity index (χ4v) is 1.75. The van der Waals surface area contributed by atoms with Gasteiger partial charge in [-0.2, -0.15) is 0 Å². The first-order chi connectivity index (χ1) is 8.06. The molecule has 0 amide bonds. The lowest BCUT2D eigenvalue weighted by molar-refractivity contribution is 0.714. The highest BCUT2D eigenvalue weighted by molar-refractivity contribution is 9.10. The van der Waals surface area contributed by atoms with Gasteiger partial charge in [-0.25, -0.2) is 9.78 Å². The van der Waals surface area contributed by atoms with Gasteiger partial charge in [0.15, 0.2) is 0 Å². The second-order valence-electron chi connectivity index (χ2n) is 3.35. The van der Waals surface area contributed by atoms with Gasteiger partial charge in [0.25, 0.3) is 5.56 Å². The first-order valence-corrected chi connectivity index (χ1v) is 5.83. The number of H-pyrrole nitrogens is 1. The van der Waals surface area contributed by atoms with Crippen molar-refractivity contribution in [1.29, 1.82) is 0 Å². The zero-order chi connectivity index (χ0) is 12.4. The number of halogens is 2. The third kappa shape index (κ3) is 2.83. The molecular weight excluding hydrogens is 309 g/mol. The summed E-state index contributed by atoms with van der Waals surface area (Å²) in [5.74, 6) is 0. The van der Waals surface area contributed by atoms with Crippen molar-refractivity contribution in [3.63, 3.8) is 0 Å².